The molecule has 0 aliphatic carbocycles. The molecule has 1 aliphatic heterocycles. The number of rotatable bonds is 3. The van der Waals surface area contributed by atoms with E-state index in [0.29, 0.717) is 22.1 Å². The number of thioether (sulfide) groups is 2. The summed E-state index contributed by atoms with van der Waals surface area (Å²) in [5.74, 6) is 1.91. The number of hydrogen-bond donors (Lipinski definition) is 1. The number of aromatic nitrogens is 3. The predicted molar refractivity (Wildman–Crippen MR) is 98.0 cm³/mol. The van der Waals surface area contributed by atoms with E-state index < -0.39 is 11.2 Å². The predicted octanol–water partition coefficient (Wildman–Crippen LogP) is 0.477. The van der Waals surface area contributed by atoms with Crippen molar-refractivity contribution in [2.75, 3.05) is 18.1 Å². The summed E-state index contributed by atoms with van der Waals surface area (Å²) in [7, 11) is 2.98. The molecule has 0 spiro atoms. The van der Waals surface area contributed by atoms with Crippen LogP contribution in [-0.4, -0.2) is 42.7 Å². The van der Waals surface area contributed by atoms with Crippen LogP contribution in [0.15, 0.2) is 15.7 Å². The Morgan fingerprint density at radius 1 is 1.29 bits per heavy atom. The van der Waals surface area contributed by atoms with Gasteiger partial charge in [-0.05, 0) is 18.6 Å². The highest BCUT2D eigenvalue weighted by Gasteiger charge is 2.19. The van der Waals surface area contributed by atoms with Gasteiger partial charge in [-0.3, -0.25) is 18.7 Å². The van der Waals surface area contributed by atoms with E-state index in [1.54, 1.807) is 20.0 Å². The van der Waals surface area contributed by atoms with E-state index >= 15 is 0 Å². The second-order valence-corrected chi connectivity index (χ2v) is 8.53. The van der Waals surface area contributed by atoms with Gasteiger partial charge in [0, 0.05) is 32.1 Å². The van der Waals surface area contributed by atoms with Gasteiger partial charge >= 0.3 is 5.69 Å². The molecule has 128 valence electrons. The molecule has 0 aromatic carbocycles. The maximum absolute atomic E-state index is 12.4. The lowest BCUT2D eigenvalue weighted by Gasteiger charge is -2.12. The number of carbonyl (C=O) groups is 1. The summed E-state index contributed by atoms with van der Waals surface area (Å²) in [6, 6.07) is 1.60. The van der Waals surface area contributed by atoms with Crippen LogP contribution in [0.3, 0.4) is 0 Å². The monoisotopic (exact) mass is 366 g/mol. The third-order valence-electron chi connectivity index (χ3n) is 3.96. The van der Waals surface area contributed by atoms with Crippen LogP contribution >= 0.6 is 23.5 Å². The van der Waals surface area contributed by atoms with E-state index in [4.69, 9.17) is 0 Å². The molecule has 1 amide bonds. The first-order valence-electron chi connectivity index (χ1n) is 7.49. The van der Waals surface area contributed by atoms with Crippen molar-refractivity contribution in [2.45, 2.75) is 11.5 Å². The second-order valence-electron chi connectivity index (χ2n) is 5.61. The smallest absolute Gasteiger partial charge is 0.332 e. The van der Waals surface area contributed by atoms with Crippen LogP contribution in [0.1, 0.15) is 16.1 Å². The van der Waals surface area contributed by atoms with Gasteiger partial charge < -0.3 is 5.32 Å². The Balaban J connectivity index is 1.99. The zero-order chi connectivity index (χ0) is 17.4. The average molecular weight is 366 g/mol. The fourth-order valence-corrected chi connectivity index (χ4v) is 5.30. The van der Waals surface area contributed by atoms with Gasteiger partial charge in [-0.1, -0.05) is 0 Å². The molecule has 0 unspecified atom stereocenters. The highest BCUT2D eigenvalue weighted by atomic mass is 32.2. The molecule has 1 N–H and O–H groups in total. The largest absolute Gasteiger partial charge is 0.349 e. The first-order chi connectivity index (χ1) is 11.4. The average Bonchev–Trinajstić information content (AvgIpc) is 3.08. The number of aryl methyl sites for hydroxylation is 2. The second kappa shape index (κ2) is 6.64. The van der Waals surface area contributed by atoms with Crippen molar-refractivity contribution in [1.29, 1.82) is 0 Å². The molecule has 3 heterocycles. The van der Waals surface area contributed by atoms with Crippen molar-refractivity contribution in [3.63, 3.8) is 0 Å². The lowest BCUT2D eigenvalue weighted by molar-refractivity contribution is 0.0951. The number of nitrogens with zero attached hydrogens (tertiary/aromatic N) is 3. The van der Waals surface area contributed by atoms with Crippen LogP contribution in [0.2, 0.25) is 0 Å². The van der Waals surface area contributed by atoms with Crippen molar-refractivity contribution in [1.82, 2.24) is 19.4 Å². The van der Waals surface area contributed by atoms with Gasteiger partial charge in [0.05, 0.1) is 9.97 Å². The molecule has 1 fully saturated rings. The molecular weight excluding hydrogens is 348 g/mol. The molecule has 0 bridgehead atoms. The Morgan fingerprint density at radius 3 is 2.62 bits per heavy atom. The third-order valence-corrected chi connectivity index (χ3v) is 6.99. The Morgan fingerprint density at radius 2 is 1.96 bits per heavy atom. The summed E-state index contributed by atoms with van der Waals surface area (Å²) < 4.78 is 2.71. The molecule has 3 rings (SSSR count). The normalized spacial score (nSPS) is 15.1. The van der Waals surface area contributed by atoms with Crippen LogP contribution in [0.4, 0.5) is 0 Å². The topological polar surface area (TPSA) is 86.0 Å². The first-order valence-corrected chi connectivity index (χ1v) is 9.58. The van der Waals surface area contributed by atoms with Gasteiger partial charge in [-0.15, -0.1) is 23.5 Å². The summed E-state index contributed by atoms with van der Waals surface area (Å²) in [5, 5.41) is 3.24. The fourth-order valence-electron chi connectivity index (χ4n) is 2.64. The van der Waals surface area contributed by atoms with Gasteiger partial charge in [-0.25, -0.2) is 9.78 Å². The lowest BCUT2D eigenvalue weighted by atomic mass is 10.1. The highest BCUT2D eigenvalue weighted by molar-refractivity contribution is 8.20. The molecule has 0 radical (unpaired) electrons. The zero-order valence-electron chi connectivity index (χ0n) is 13.7. The van der Waals surface area contributed by atoms with Crippen molar-refractivity contribution >= 4 is 40.5 Å². The summed E-state index contributed by atoms with van der Waals surface area (Å²) in [5.41, 5.74) is 0.222. The summed E-state index contributed by atoms with van der Waals surface area (Å²) in [6.07, 6.45) is 0. The van der Waals surface area contributed by atoms with Crippen molar-refractivity contribution in [3.05, 3.63) is 38.2 Å². The van der Waals surface area contributed by atoms with Gasteiger partial charge in [0.2, 0.25) is 0 Å². The highest BCUT2D eigenvalue weighted by Crippen LogP contribution is 2.31. The number of fused-ring (bicyclic) bond motifs is 1. The maximum Gasteiger partial charge on any atom is 0.332 e. The first kappa shape index (κ1) is 17.1. The van der Waals surface area contributed by atoms with Crippen LogP contribution in [-0.2, 0) is 14.1 Å². The quantitative estimate of drug-likeness (QED) is 0.850. The van der Waals surface area contributed by atoms with E-state index in [1.165, 1.54) is 11.6 Å². The molecule has 1 aliphatic rings. The molecule has 2 aromatic heterocycles. The third kappa shape index (κ3) is 2.98. The van der Waals surface area contributed by atoms with E-state index in [-0.39, 0.29) is 17.2 Å². The van der Waals surface area contributed by atoms with Gasteiger partial charge in [0.1, 0.15) is 11.3 Å². The molecule has 0 saturated carbocycles. The van der Waals surface area contributed by atoms with Crippen LogP contribution in [0.25, 0.3) is 11.0 Å². The summed E-state index contributed by atoms with van der Waals surface area (Å²) >= 11 is 3.66. The number of hydrogen-bond acceptors (Lipinski definition) is 6. The SMILES string of the molecule is Cc1cc(C(=O)NCC2SCCS2)nc2c1c(=O)n(C)c(=O)n2C. The Hall–Kier alpha value is -1.74. The van der Waals surface area contributed by atoms with Gasteiger partial charge in [0.25, 0.3) is 11.5 Å². The molecule has 7 nitrogen and oxygen atoms in total. The molecule has 0 atom stereocenters. The zero-order valence-corrected chi connectivity index (χ0v) is 15.3. The minimum atomic E-state index is -0.462. The van der Waals surface area contributed by atoms with Gasteiger partial charge in [-0.2, -0.15) is 0 Å². The van der Waals surface area contributed by atoms with Crippen molar-refractivity contribution < 1.29 is 4.79 Å². The fraction of sp³-hybridized carbons (Fsp3) is 0.467. The molecular formula is C15H18N4O3S2. The number of pyridine rings is 1. The Bertz CT molecular complexity index is 929. The Kier molecular flexibility index (Phi) is 4.73. The van der Waals surface area contributed by atoms with E-state index in [2.05, 4.69) is 10.3 Å². The van der Waals surface area contributed by atoms with E-state index in [1.807, 2.05) is 23.5 Å². The molecule has 24 heavy (non-hydrogen) atoms. The Labute approximate surface area is 146 Å². The number of nitrogens with one attached hydrogen (secondary N) is 1. The molecule has 2 aromatic rings. The summed E-state index contributed by atoms with van der Waals surface area (Å²) in [6.45, 7) is 2.32. The molecule has 1 saturated heterocycles. The lowest BCUT2D eigenvalue weighted by Crippen LogP contribution is -2.38. The standard InChI is InChI=1S/C15H18N4O3S2/c1-8-6-9(13(20)16-7-10-23-4-5-24-10)17-12-11(8)14(21)19(3)15(22)18(12)2/h6,10H,4-5,7H2,1-3H3,(H,16,20). The molecule has 9 heteroatoms. The summed E-state index contributed by atoms with van der Waals surface area (Å²) in [4.78, 5) is 41.0. The van der Waals surface area contributed by atoms with Crippen LogP contribution in [0.5, 0.6) is 0 Å². The number of amides is 1. The van der Waals surface area contributed by atoms with Crippen LogP contribution in [0, 0.1) is 6.92 Å². The van der Waals surface area contributed by atoms with E-state index in [9.17, 15) is 14.4 Å². The van der Waals surface area contributed by atoms with E-state index in [0.717, 1.165) is 16.1 Å². The minimum absolute atomic E-state index is 0.219. The number of carbonyl (C=O) groups excluding carboxylic acids is 1. The minimum Gasteiger partial charge on any atom is -0.349 e. The van der Waals surface area contributed by atoms with Crippen molar-refractivity contribution in [2.24, 2.45) is 14.1 Å². The maximum atomic E-state index is 12.4. The van der Waals surface area contributed by atoms with Crippen LogP contribution < -0.4 is 16.6 Å². The van der Waals surface area contributed by atoms with Gasteiger partial charge in [0.15, 0.2) is 0 Å². The van der Waals surface area contributed by atoms with Crippen molar-refractivity contribution in [3.8, 4) is 0 Å².